The molecule has 1 unspecified atom stereocenters. The van der Waals surface area contributed by atoms with Crippen LogP contribution < -0.4 is 5.73 Å². The highest BCUT2D eigenvalue weighted by Crippen LogP contribution is 2.41. The normalized spacial score (nSPS) is 14.6. The summed E-state index contributed by atoms with van der Waals surface area (Å²) in [6, 6.07) is 6.37. The number of thioether (sulfide) groups is 1. The molecule has 150 valence electrons. The van der Waals surface area contributed by atoms with Crippen LogP contribution in [0.1, 0.15) is 72.3 Å². The molecule has 1 atom stereocenters. The summed E-state index contributed by atoms with van der Waals surface area (Å²) in [6.07, 6.45) is 6.39. The molecule has 4 heteroatoms. The van der Waals surface area contributed by atoms with E-state index in [0.717, 1.165) is 27.6 Å². The van der Waals surface area contributed by atoms with Crippen molar-refractivity contribution in [2.24, 2.45) is 10.7 Å². The fourth-order valence-corrected chi connectivity index (χ4v) is 3.60. The number of ketones is 1. The van der Waals surface area contributed by atoms with Gasteiger partial charge in [0.2, 0.25) is 0 Å². The molecule has 0 aliphatic carbocycles. The van der Waals surface area contributed by atoms with E-state index in [-0.39, 0.29) is 5.78 Å². The lowest BCUT2D eigenvalue weighted by Crippen LogP contribution is -2.12. The second-order valence-corrected chi connectivity index (χ2v) is 6.80. The molecule has 1 heterocycles. The zero-order valence-electron chi connectivity index (χ0n) is 17.8. The summed E-state index contributed by atoms with van der Waals surface area (Å²) >= 11 is 1.60. The standard InChI is InChI=1S/C19H24N2OS.2C2H6/c1-4-6-7-15(12-20)14-8-9-17-19(10-14)23-18(13(3)21-17)11-16(22)5-2;2*1-2/h5,8-11,15H,2,4,6-7,12,20H2,1,3H3;2*1-2H3/b18-11+;;. The molecule has 1 aliphatic heterocycles. The Morgan fingerprint density at radius 2 is 1.96 bits per heavy atom. The number of nitrogens with zero attached hydrogens (tertiary/aromatic N) is 1. The predicted molar refractivity (Wildman–Crippen MR) is 122 cm³/mol. The molecule has 0 fully saturated rings. The summed E-state index contributed by atoms with van der Waals surface area (Å²) in [5.41, 5.74) is 9.04. The van der Waals surface area contributed by atoms with Gasteiger partial charge in [-0.3, -0.25) is 9.79 Å². The number of allylic oxidation sites excluding steroid dienone is 3. The molecule has 1 aliphatic rings. The molecule has 3 nitrogen and oxygen atoms in total. The maximum atomic E-state index is 11.6. The molecule has 0 amide bonds. The number of aliphatic imine (C=N–C) groups is 1. The van der Waals surface area contributed by atoms with Crippen LogP contribution in [-0.4, -0.2) is 18.0 Å². The van der Waals surface area contributed by atoms with Gasteiger partial charge in [-0.05, 0) is 49.6 Å². The molecule has 1 aromatic rings. The lowest BCUT2D eigenvalue weighted by atomic mass is 9.93. The smallest absolute Gasteiger partial charge is 0.179 e. The molecule has 2 N–H and O–H groups in total. The minimum atomic E-state index is -0.0931. The molecule has 0 radical (unpaired) electrons. The van der Waals surface area contributed by atoms with Crippen LogP contribution in [0.4, 0.5) is 5.69 Å². The summed E-state index contributed by atoms with van der Waals surface area (Å²) < 4.78 is 0. The Kier molecular flexibility index (Phi) is 13.5. The number of hydrogen-bond donors (Lipinski definition) is 1. The Balaban J connectivity index is 0.00000158. The van der Waals surface area contributed by atoms with Gasteiger partial charge in [0.15, 0.2) is 5.78 Å². The lowest BCUT2D eigenvalue weighted by Gasteiger charge is -2.20. The van der Waals surface area contributed by atoms with Gasteiger partial charge in [0.05, 0.1) is 11.4 Å². The van der Waals surface area contributed by atoms with Crippen molar-refractivity contribution >= 4 is 28.9 Å². The molecule has 0 aromatic heterocycles. The highest BCUT2D eigenvalue weighted by molar-refractivity contribution is 8.04. The van der Waals surface area contributed by atoms with Gasteiger partial charge < -0.3 is 5.73 Å². The highest BCUT2D eigenvalue weighted by Gasteiger charge is 2.18. The predicted octanol–water partition coefficient (Wildman–Crippen LogP) is 6.81. The monoisotopic (exact) mass is 388 g/mol. The van der Waals surface area contributed by atoms with E-state index in [1.165, 1.54) is 24.5 Å². The van der Waals surface area contributed by atoms with E-state index in [0.29, 0.717) is 12.5 Å². The van der Waals surface area contributed by atoms with Crippen LogP contribution in [-0.2, 0) is 4.79 Å². The Labute approximate surface area is 170 Å². The number of benzene rings is 1. The third-order valence-electron chi connectivity index (χ3n) is 3.99. The zero-order valence-corrected chi connectivity index (χ0v) is 18.7. The molecule has 1 aromatic carbocycles. The van der Waals surface area contributed by atoms with Crippen molar-refractivity contribution in [1.29, 1.82) is 0 Å². The van der Waals surface area contributed by atoms with Crippen molar-refractivity contribution in [2.75, 3.05) is 6.54 Å². The van der Waals surface area contributed by atoms with Crippen LogP contribution in [0.5, 0.6) is 0 Å². The largest absolute Gasteiger partial charge is 0.330 e. The Morgan fingerprint density at radius 3 is 2.52 bits per heavy atom. The van der Waals surface area contributed by atoms with Gasteiger partial charge >= 0.3 is 0 Å². The lowest BCUT2D eigenvalue weighted by molar-refractivity contribution is -0.110. The zero-order chi connectivity index (χ0) is 20.8. The molecule has 0 saturated carbocycles. The summed E-state index contributed by atoms with van der Waals surface area (Å²) in [5.74, 6) is 0.291. The molecule has 2 rings (SSSR count). The number of nitrogens with two attached hydrogens (primary N) is 1. The van der Waals surface area contributed by atoms with Crippen LogP contribution in [0, 0.1) is 0 Å². The quantitative estimate of drug-likeness (QED) is 0.522. The van der Waals surface area contributed by atoms with Crippen LogP contribution in [0.25, 0.3) is 0 Å². The molecule has 0 saturated heterocycles. The van der Waals surface area contributed by atoms with Gasteiger partial charge in [-0.1, -0.05) is 71.9 Å². The van der Waals surface area contributed by atoms with Gasteiger partial charge in [0, 0.05) is 15.9 Å². The topological polar surface area (TPSA) is 55.5 Å². The SMILES string of the molecule is C=CC(=O)/C=C1/Sc2cc(C(CN)CCCC)ccc2N=C1C.CC.CC. The second-order valence-electron chi connectivity index (χ2n) is 5.72. The highest BCUT2D eigenvalue weighted by atomic mass is 32.2. The van der Waals surface area contributed by atoms with Crippen molar-refractivity contribution in [2.45, 2.75) is 71.6 Å². The second kappa shape index (κ2) is 14.4. The van der Waals surface area contributed by atoms with Crippen molar-refractivity contribution in [3.8, 4) is 0 Å². The van der Waals surface area contributed by atoms with E-state index in [1.807, 2.05) is 34.6 Å². The third-order valence-corrected chi connectivity index (χ3v) is 5.17. The van der Waals surface area contributed by atoms with Crippen molar-refractivity contribution in [3.05, 3.63) is 47.4 Å². The Bertz CT molecular complexity index is 662. The van der Waals surface area contributed by atoms with E-state index in [1.54, 1.807) is 17.8 Å². The average molecular weight is 389 g/mol. The summed E-state index contributed by atoms with van der Waals surface area (Å²) in [7, 11) is 0. The van der Waals surface area contributed by atoms with Gasteiger partial charge in [-0.15, -0.1) is 0 Å². The van der Waals surface area contributed by atoms with Gasteiger partial charge in [-0.25, -0.2) is 0 Å². The number of hydrogen-bond acceptors (Lipinski definition) is 4. The number of unbranched alkanes of at least 4 members (excludes halogenated alkanes) is 1. The first-order valence-corrected chi connectivity index (χ1v) is 10.9. The van der Waals surface area contributed by atoms with Crippen LogP contribution in [0.2, 0.25) is 0 Å². The molecule has 0 bridgehead atoms. The summed E-state index contributed by atoms with van der Waals surface area (Å²) in [5, 5.41) is 0. The summed E-state index contributed by atoms with van der Waals surface area (Å²) in [6.45, 7) is 16.3. The first-order valence-electron chi connectivity index (χ1n) is 10.0. The van der Waals surface area contributed by atoms with Crippen LogP contribution in [0.3, 0.4) is 0 Å². The van der Waals surface area contributed by atoms with Crippen LogP contribution in [0.15, 0.2) is 51.7 Å². The molecular weight excluding hydrogens is 352 g/mol. The summed E-state index contributed by atoms with van der Waals surface area (Å²) in [4.78, 5) is 18.2. The van der Waals surface area contributed by atoms with E-state index < -0.39 is 0 Å². The fourth-order valence-electron chi connectivity index (χ4n) is 2.58. The maximum absolute atomic E-state index is 11.6. The minimum Gasteiger partial charge on any atom is -0.330 e. The van der Waals surface area contributed by atoms with E-state index in [9.17, 15) is 4.79 Å². The molecular formula is C23H36N2OS. The average Bonchev–Trinajstić information content (AvgIpc) is 2.72. The Morgan fingerprint density at radius 1 is 1.30 bits per heavy atom. The van der Waals surface area contributed by atoms with E-state index >= 15 is 0 Å². The first-order chi connectivity index (χ1) is 13.1. The van der Waals surface area contributed by atoms with Gasteiger partial charge in [0.1, 0.15) is 0 Å². The number of rotatable bonds is 7. The minimum absolute atomic E-state index is 0.0931. The third kappa shape index (κ3) is 7.86. The maximum Gasteiger partial charge on any atom is 0.179 e. The van der Waals surface area contributed by atoms with Gasteiger partial charge in [0.25, 0.3) is 0 Å². The van der Waals surface area contributed by atoms with Crippen LogP contribution >= 0.6 is 11.8 Å². The molecule has 27 heavy (non-hydrogen) atoms. The number of carbonyl (C=O) groups is 1. The molecule has 0 spiro atoms. The van der Waals surface area contributed by atoms with Crippen molar-refractivity contribution < 1.29 is 4.79 Å². The number of carbonyl (C=O) groups excluding carboxylic acids is 1. The Hall–Kier alpha value is -1.65. The fraction of sp³-hybridized carbons (Fsp3) is 0.478. The first kappa shape index (κ1) is 25.4. The van der Waals surface area contributed by atoms with Crippen molar-refractivity contribution in [3.63, 3.8) is 0 Å². The van der Waals surface area contributed by atoms with Gasteiger partial charge in [-0.2, -0.15) is 0 Å². The van der Waals surface area contributed by atoms with E-state index in [4.69, 9.17) is 5.73 Å². The number of fused-ring (bicyclic) bond motifs is 1. The van der Waals surface area contributed by atoms with Crippen molar-refractivity contribution in [1.82, 2.24) is 0 Å². The van der Waals surface area contributed by atoms with E-state index in [2.05, 4.69) is 36.7 Å².